The van der Waals surface area contributed by atoms with Gasteiger partial charge >= 0.3 is 0 Å². The fourth-order valence-corrected chi connectivity index (χ4v) is 3.62. The predicted octanol–water partition coefficient (Wildman–Crippen LogP) is 1.37. The van der Waals surface area contributed by atoms with Crippen LogP contribution in [0.2, 0.25) is 0 Å². The number of nitrogens with zero attached hydrogens (tertiary/aromatic N) is 4. The van der Waals surface area contributed by atoms with Crippen molar-refractivity contribution in [3.63, 3.8) is 0 Å². The number of likely N-dealkylation sites (tertiary alicyclic amines) is 1. The number of hydrogen-bond donors (Lipinski definition) is 1. The molecule has 28 heavy (non-hydrogen) atoms. The molecule has 148 valence electrons. The lowest BCUT2D eigenvalue weighted by Gasteiger charge is -2.22. The number of hydrogen-bond acceptors (Lipinski definition) is 7. The average molecular weight is 385 g/mol. The van der Waals surface area contributed by atoms with Crippen molar-refractivity contribution in [1.82, 2.24) is 25.3 Å². The number of nitrogens with one attached hydrogen (secondary N) is 1. The molecule has 0 radical (unpaired) electrons. The molecule has 0 spiro atoms. The second-order valence-electron chi connectivity index (χ2n) is 7.08. The van der Waals surface area contributed by atoms with E-state index in [2.05, 4.69) is 20.4 Å². The lowest BCUT2D eigenvalue weighted by molar-refractivity contribution is -0.130. The molecular formula is C19H23N5O4. The van der Waals surface area contributed by atoms with Gasteiger partial charge in [0.05, 0.1) is 6.54 Å². The Labute approximate surface area is 162 Å². The molecule has 2 aromatic rings. The number of pyridine rings is 1. The summed E-state index contributed by atoms with van der Waals surface area (Å²) in [6, 6.07) is 3.52. The van der Waals surface area contributed by atoms with Crippen LogP contribution in [0.5, 0.6) is 0 Å². The number of aromatic nitrogens is 3. The van der Waals surface area contributed by atoms with Crippen molar-refractivity contribution in [2.45, 2.75) is 44.8 Å². The topological polar surface area (TPSA) is 110 Å². The predicted molar refractivity (Wildman–Crippen MR) is 96.4 cm³/mol. The third-order valence-electron chi connectivity index (χ3n) is 5.21. The maximum absolute atomic E-state index is 12.3. The molecular weight excluding hydrogens is 362 g/mol. The number of amides is 2. The smallest absolute Gasteiger partial charge is 0.249 e. The van der Waals surface area contributed by atoms with E-state index in [9.17, 15) is 9.59 Å². The third-order valence-corrected chi connectivity index (χ3v) is 5.21. The Morgan fingerprint density at radius 3 is 2.79 bits per heavy atom. The molecule has 2 saturated heterocycles. The zero-order valence-electron chi connectivity index (χ0n) is 15.5. The summed E-state index contributed by atoms with van der Waals surface area (Å²) in [5, 5.41) is 6.84. The first-order valence-electron chi connectivity index (χ1n) is 9.57. The Kier molecular flexibility index (Phi) is 5.61. The fourth-order valence-electron chi connectivity index (χ4n) is 3.62. The van der Waals surface area contributed by atoms with Gasteiger partial charge in [-0.3, -0.25) is 14.6 Å². The van der Waals surface area contributed by atoms with Crippen molar-refractivity contribution >= 4 is 11.8 Å². The van der Waals surface area contributed by atoms with Crippen molar-refractivity contribution in [2.24, 2.45) is 5.92 Å². The molecule has 9 nitrogen and oxygen atoms in total. The average Bonchev–Trinajstić information content (AvgIpc) is 3.35. The second kappa shape index (κ2) is 8.47. The largest absolute Gasteiger partial charge is 0.381 e. The van der Waals surface area contributed by atoms with Gasteiger partial charge in [-0.2, -0.15) is 4.98 Å². The van der Waals surface area contributed by atoms with E-state index in [0.717, 1.165) is 18.4 Å². The summed E-state index contributed by atoms with van der Waals surface area (Å²) in [4.78, 5) is 34.7. The van der Waals surface area contributed by atoms with E-state index in [1.165, 1.54) is 0 Å². The Bertz CT molecular complexity index is 819. The van der Waals surface area contributed by atoms with Crippen LogP contribution in [-0.2, 0) is 27.4 Å². The Hall–Kier alpha value is -2.81. The van der Waals surface area contributed by atoms with Crippen molar-refractivity contribution < 1.29 is 18.8 Å². The van der Waals surface area contributed by atoms with Gasteiger partial charge in [0.15, 0.2) is 5.82 Å². The van der Waals surface area contributed by atoms with E-state index in [1.807, 2.05) is 12.1 Å². The summed E-state index contributed by atoms with van der Waals surface area (Å²) in [6.45, 7) is 1.93. The molecule has 2 fully saturated rings. The standard InChI is InChI=1S/C19H23N5O4/c25-17-2-1-15(24(17)12-13-3-7-20-8-4-13)19-22-16(23-28-19)11-21-18(26)14-5-9-27-10-6-14/h3-4,7-8,14-15H,1-2,5-6,9-12H2,(H,21,26)/t15-/m0/s1. The SMILES string of the molecule is O=C(NCc1noc([C@@H]2CCC(=O)N2Cc2ccncc2)n1)C1CCOCC1. The Balaban J connectivity index is 1.37. The highest BCUT2D eigenvalue weighted by Gasteiger charge is 2.36. The van der Waals surface area contributed by atoms with E-state index >= 15 is 0 Å². The van der Waals surface area contributed by atoms with Gasteiger partial charge < -0.3 is 19.5 Å². The Morgan fingerprint density at radius 1 is 1.21 bits per heavy atom. The molecule has 4 heterocycles. The fraction of sp³-hybridized carbons (Fsp3) is 0.526. The molecule has 2 aliphatic heterocycles. The van der Waals surface area contributed by atoms with Gasteiger partial charge in [-0.05, 0) is 37.0 Å². The molecule has 0 unspecified atom stereocenters. The van der Waals surface area contributed by atoms with Crippen LogP contribution in [-0.4, -0.2) is 45.1 Å². The van der Waals surface area contributed by atoms with E-state index in [0.29, 0.717) is 44.3 Å². The lowest BCUT2D eigenvalue weighted by Crippen LogP contribution is -2.34. The van der Waals surface area contributed by atoms with Crippen molar-refractivity contribution in [3.8, 4) is 0 Å². The van der Waals surface area contributed by atoms with Crippen LogP contribution in [0, 0.1) is 5.92 Å². The van der Waals surface area contributed by atoms with Gasteiger partial charge in [0.1, 0.15) is 6.04 Å². The Morgan fingerprint density at radius 2 is 2.00 bits per heavy atom. The highest BCUT2D eigenvalue weighted by molar-refractivity contribution is 5.79. The molecule has 2 aliphatic rings. The van der Waals surface area contributed by atoms with Crippen LogP contribution in [0.3, 0.4) is 0 Å². The maximum atomic E-state index is 12.3. The summed E-state index contributed by atoms with van der Waals surface area (Å²) in [5.41, 5.74) is 0.999. The minimum Gasteiger partial charge on any atom is -0.381 e. The summed E-state index contributed by atoms with van der Waals surface area (Å²) in [6.07, 6.45) is 5.97. The van der Waals surface area contributed by atoms with Crippen LogP contribution < -0.4 is 5.32 Å². The minimum atomic E-state index is -0.242. The first-order chi connectivity index (χ1) is 13.7. The van der Waals surface area contributed by atoms with Crippen LogP contribution >= 0.6 is 0 Å². The summed E-state index contributed by atoms with van der Waals surface area (Å²) < 4.78 is 10.7. The van der Waals surface area contributed by atoms with Gasteiger partial charge in [-0.1, -0.05) is 5.16 Å². The third kappa shape index (κ3) is 4.19. The molecule has 1 atom stereocenters. The van der Waals surface area contributed by atoms with Gasteiger partial charge in [-0.25, -0.2) is 0 Å². The lowest BCUT2D eigenvalue weighted by atomic mass is 9.99. The molecule has 0 aliphatic carbocycles. The van der Waals surface area contributed by atoms with Crippen LogP contribution in [0.25, 0.3) is 0 Å². The quantitative estimate of drug-likeness (QED) is 0.799. The number of carbonyl (C=O) groups is 2. The molecule has 2 aromatic heterocycles. The zero-order valence-corrected chi connectivity index (χ0v) is 15.5. The van der Waals surface area contributed by atoms with Gasteiger partial charge in [-0.15, -0.1) is 0 Å². The molecule has 0 saturated carbocycles. The molecule has 0 bridgehead atoms. The molecule has 4 rings (SSSR count). The monoisotopic (exact) mass is 385 g/mol. The number of ether oxygens (including phenoxy) is 1. The summed E-state index contributed by atoms with van der Waals surface area (Å²) >= 11 is 0. The minimum absolute atomic E-state index is 0.00925. The van der Waals surface area contributed by atoms with Crippen LogP contribution in [0.1, 0.15) is 49.0 Å². The first kappa shape index (κ1) is 18.5. The maximum Gasteiger partial charge on any atom is 0.249 e. The molecule has 1 N–H and O–H groups in total. The summed E-state index contributed by atoms with van der Waals surface area (Å²) in [5.74, 6) is 0.858. The van der Waals surface area contributed by atoms with E-state index < -0.39 is 0 Å². The van der Waals surface area contributed by atoms with Crippen molar-refractivity contribution in [1.29, 1.82) is 0 Å². The number of rotatable bonds is 6. The van der Waals surface area contributed by atoms with E-state index in [4.69, 9.17) is 9.26 Å². The van der Waals surface area contributed by atoms with Crippen LogP contribution in [0.15, 0.2) is 29.0 Å². The molecule has 2 amide bonds. The van der Waals surface area contributed by atoms with Crippen LogP contribution in [0.4, 0.5) is 0 Å². The van der Waals surface area contributed by atoms with Gasteiger partial charge in [0, 0.05) is 44.5 Å². The van der Waals surface area contributed by atoms with Gasteiger partial charge in [0.2, 0.25) is 17.7 Å². The summed E-state index contributed by atoms with van der Waals surface area (Å²) in [7, 11) is 0. The van der Waals surface area contributed by atoms with E-state index in [-0.39, 0.29) is 30.3 Å². The first-order valence-corrected chi connectivity index (χ1v) is 9.57. The second-order valence-corrected chi connectivity index (χ2v) is 7.08. The van der Waals surface area contributed by atoms with Crippen molar-refractivity contribution in [3.05, 3.63) is 41.8 Å². The number of carbonyl (C=O) groups excluding carboxylic acids is 2. The molecule has 9 heteroatoms. The van der Waals surface area contributed by atoms with Gasteiger partial charge in [0.25, 0.3) is 0 Å². The zero-order chi connectivity index (χ0) is 19.3. The highest BCUT2D eigenvalue weighted by Crippen LogP contribution is 2.33. The normalized spacial score (nSPS) is 20.5. The highest BCUT2D eigenvalue weighted by atomic mass is 16.5. The molecule has 0 aromatic carbocycles. The van der Waals surface area contributed by atoms with Crippen molar-refractivity contribution in [2.75, 3.05) is 13.2 Å². The van der Waals surface area contributed by atoms with E-state index in [1.54, 1.807) is 17.3 Å².